The third-order valence-electron chi connectivity index (χ3n) is 1.54. The van der Waals surface area contributed by atoms with Gasteiger partial charge in [0.1, 0.15) is 0 Å². The van der Waals surface area contributed by atoms with Crippen molar-refractivity contribution < 1.29 is 0 Å². The molecule has 0 atom stereocenters. The van der Waals surface area contributed by atoms with Gasteiger partial charge in [-0.2, -0.15) is 0 Å². The van der Waals surface area contributed by atoms with Gasteiger partial charge < -0.3 is 11.5 Å². The van der Waals surface area contributed by atoms with Crippen LogP contribution in [0.5, 0.6) is 0 Å². The third-order valence-corrected chi connectivity index (χ3v) is 1.54. The van der Waals surface area contributed by atoms with Crippen molar-refractivity contribution in [3.05, 3.63) is 0 Å². The molecule has 11 heavy (non-hydrogen) atoms. The molecule has 0 unspecified atom stereocenters. The van der Waals surface area contributed by atoms with Crippen molar-refractivity contribution in [1.29, 1.82) is 0 Å². The van der Waals surface area contributed by atoms with E-state index in [0.717, 1.165) is 51.9 Å². The Morgan fingerprint density at radius 1 is 0.727 bits per heavy atom. The maximum absolute atomic E-state index is 5.33. The summed E-state index contributed by atoms with van der Waals surface area (Å²) in [4.78, 5) is 0. The number of nitrogens with two attached hydrogens (primary N) is 2. The second-order valence-corrected chi connectivity index (χ2v) is 2.66. The third kappa shape index (κ3) is 9.88. The molecule has 0 amide bonds. The molecular formula is C8H20N3. The zero-order valence-corrected chi connectivity index (χ0v) is 7.26. The highest BCUT2D eigenvalue weighted by Gasteiger charge is 1.88. The maximum Gasteiger partial charge on any atom is 0.0133 e. The minimum absolute atomic E-state index is 0.790. The summed E-state index contributed by atoms with van der Waals surface area (Å²) in [6, 6.07) is 0. The van der Waals surface area contributed by atoms with E-state index in [1.165, 1.54) is 0 Å². The number of hydrogen-bond donors (Lipinski definition) is 2. The molecule has 0 aliphatic rings. The van der Waals surface area contributed by atoms with Gasteiger partial charge in [0.15, 0.2) is 0 Å². The van der Waals surface area contributed by atoms with Gasteiger partial charge in [-0.3, -0.25) is 0 Å². The molecule has 0 bridgehead atoms. The molecule has 0 aromatic heterocycles. The number of rotatable bonds is 8. The van der Waals surface area contributed by atoms with E-state index < -0.39 is 0 Å². The molecule has 0 spiro atoms. The van der Waals surface area contributed by atoms with Crippen LogP contribution < -0.4 is 16.8 Å². The van der Waals surface area contributed by atoms with Crippen LogP contribution in [0.2, 0.25) is 0 Å². The van der Waals surface area contributed by atoms with Crippen LogP contribution in [0.15, 0.2) is 0 Å². The highest BCUT2D eigenvalue weighted by molar-refractivity contribution is 4.49. The molecular weight excluding hydrogens is 138 g/mol. The molecule has 1 radical (unpaired) electrons. The summed E-state index contributed by atoms with van der Waals surface area (Å²) in [5.74, 6) is 0. The van der Waals surface area contributed by atoms with E-state index >= 15 is 0 Å². The quantitative estimate of drug-likeness (QED) is 0.491. The summed E-state index contributed by atoms with van der Waals surface area (Å²) in [5, 5.41) is 4.34. The normalized spacial score (nSPS) is 10.4. The monoisotopic (exact) mass is 158 g/mol. The fourth-order valence-corrected chi connectivity index (χ4v) is 0.848. The molecule has 3 heteroatoms. The second-order valence-electron chi connectivity index (χ2n) is 2.66. The van der Waals surface area contributed by atoms with Gasteiger partial charge in [-0.05, 0) is 38.8 Å². The van der Waals surface area contributed by atoms with Crippen LogP contribution in [-0.2, 0) is 0 Å². The van der Waals surface area contributed by atoms with E-state index in [1.807, 2.05) is 0 Å². The van der Waals surface area contributed by atoms with Gasteiger partial charge in [-0.15, -0.1) is 0 Å². The van der Waals surface area contributed by atoms with E-state index in [0.29, 0.717) is 0 Å². The van der Waals surface area contributed by atoms with E-state index in [4.69, 9.17) is 11.5 Å². The zero-order valence-electron chi connectivity index (χ0n) is 7.26. The van der Waals surface area contributed by atoms with Gasteiger partial charge in [-0.25, -0.2) is 5.32 Å². The number of nitrogens with zero attached hydrogens (tertiary/aromatic N) is 1. The molecule has 67 valence electrons. The summed E-state index contributed by atoms with van der Waals surface area (Å²) in [6.45, 7) is 3.53. The van der Waals surface area contributed by atoms with Gasteiger partial charge in [0.05, 0.1) is 0 Å². The van der Waals surface area contributed by atoms with Crippen LogP contribution in [0.1, 0.15) is 25.7 Å². The number of unbranched alkanes of at least 4 members (excludes halogenated alkanes) is 2. The lowest BCUT2D eigenvalue weighted by Crippen LogP contribution is -2.11. The fourth-order valence-electron chi connectivity index (χ4n) is 0.848. The van der Waals surface area contributed by atoms with Crippen LogP contribution in [0.25, 0.3) is 0 Å². The molecule has 4 N–H and O–H groups in total. The molecule has 3 nitrogen and oxygen atoms in total. The van der Waals surface area contributed by atoms with Crippen molar-refractivity contribution in [3.8, 4) is 0 Å². The Bertz CT molecular complexity index is 58.4. The van der Waals surface area contributed by atoms with E-state index in [1.54, 1.807) is 0 Å². The van der Waals surface area contributed by atoms with Crippen molar-refractivity contribution in [1.82, 2.24) is 5.32 Å². The molecule has 0 heterocycles. The zero-order chi connectivity index (χ0) is 8.36. The molecule has 0 aliphatic carbocycles. The lowest BCUT2D eigenvalue weighted by molar-refractivity contribution is 0.585. The Morgan fingerprint density at radius 2 is 1.18 bits per heavy atom. The number of hydrogen-bond acceptors (Lipinski definition) is 2. The van der Waals surface area contributed by atoms with E-state index in [2.05, 4.69) is 5.32 Å². The van der Waals surface area contributed by atoms with Crippen molar-refractivity contribution >= 4 is 0 Å². The topological polar surface area (TPSA) is 66.1 Å². The highest BCUT2D eigenvalue weighted by Crippen LogP contribution is 1.86. The molecule has 0 aromatic rings. The first-order chi connectivity index (χ1) is 5.41. The van der Waals surface area contributed by atoms with Crippen molar-refractivity contribution in [2.75, 3.05) is 26.2 Å². The average molecular weight is 158 g/mol. The van der Waals surface area contributed by atoms with Crippen LogP contribution in [0.4, 0.5) is 0 Å². The summed E-state index contributed by atoms with van der Waals surface area (Å²) >= 11 is 0. The minimum Gasteiger partial charge on any atom is -0.330 e. The molecule has 0 rings (SSSR count). The SMILES string of the molecule is NCCCC[N]CCCCN. The Kier molecular flexibility index (Phi) is 9.77. The highest BCUT2D eigenvalue weighted by atomic mass is 14.8. The lowest BCUT2D eigenvalue weighted by Gasteiger charge is -2.00. The fraction of sp³-hybridized carbons (Fsp3) is 1.00. The molecule has 0 saturated heterocycles. The lowest BCUT2D eigenvalue weighted by atomic mass is 10.3. The predicted molar refractivity (Wildman–Crippen MR) is 48.4 cm³/mol. The van der Waals surface area contributed by atoms with Crippen LogP contribution >= 0.6 is 0 Å². The smallest absolute Gasteiger partial charge is 0.0133 e. The standard InChI is InChI=1S/C8H20N3/c9-5-1-3-7-11-8-4-2-6-10/h1-10H2. The molecule has 0 aromatic carbocycles. The van der Waals surface area contributed by atoms with Crippen LogP contribution in [-0.4, -0.2) is 26.2 Å². The maximum atomic E-state index is 5.33. The first-order valence-corrected chi connectivity index (χ1v) is 4.45. The van der Waals surface area contributed by atoms with Crippen LogP contribution in [0.3, 0.4) is 0 Å². The summed E-state index contributed by atoms with van der Waals surface area (Å²) in [6.07, 6.45) is 4.47. The van der Waals surface area contributed by atoms with Gasteiger partial charge in [0.2, 0.25) is 0 Å². The van der Waals surface area contributed by atoms with Gasteiger partial charge in [-0.1, -0.05) is 0 Å². The summed E-state index contributed by atoms with van der Waals surface area (Å²) in [7, 11) is 0. The second kappa shape index (κ2) is 9.88. The first kappa shape index (κ1) is 10.9. The van der Waals surface area contributed by atoms with E-state index in [-0.39, 0.29) is 0 Å². The largest absolute Gasteiger partial charge is 0.330 e. The Balaban J connectivity index is 2.69. The predicted octanol–water partition coefficient (Wildman–Crippen LogP) is 0.0686. The van der Waals surface area contributed by atoms with Gasteiger partial charge in [0.25, 0.3) is 0 Å². The Labute approximate surface area is 69.5 Å². The minimum atomic E-state index is 0.790. The summed E-state index contributed by atoms with van der Waals surface area (Å²) in [5.41, 5.74) is 10.7. The first-order valence-electron chi connectivity index (χ1n) is 4.45. The Morgan fingerprint density at radius 3 is 1.55 bits per heavy atom. The van der Waals surface area contributed by atoms with Gasteiger partial charge >= 0.3 is 0 Å². The summed E-state index contributed by atoms with van der Waals surface area (Å²) < 4.78 is 0. The van der Waals surface area contributed by atoms with Crippen molar-refractivity contribution in [2.24, 2.45) is 11.5 Å². The average Bonchev–Trinajstić information content (AvgIpc) is 2.03. The molecule has 0 saturated carbocycles. The molecule has 0 aliphatic heterocycles. The van der Waals surface area contributed by atoms with E-state index in [9.17, 15) is 0 Å². The van der Waals surface area contributed by atoms with Gasteiger partial charge in [0, 0.05) is 13.1 Å². The van der Waals surface area contributed by atoms with Crippen molar-refractivity contribution in [3.63, 3.8) is 0 Å². The van der Waals surface area contributed by atoms with Crippen molar-refractivity contribution in [2.45, 2.75) is 25.7 Å². The Hall–Kier alpha value is -0.120. The molecule has 0 fully saturated rings. The van der Waals surface area contributed by atoms with Crippen LogP contribution in [0, 0.1) is 0 Å².